The molecular weight excluding hydrogens is 388 g/mol. The summed E-state index contributed by atoms with van der Waals surface area (Å²) in [4.78, 5) is 5.86. The van der Waals surface area contributed by atoms with Crippen LogP contribution in [0.5, 0.6) is 0 Å². The van der Waals surface area contributed by atoms with Crippen LogP contribution in [-0.4, -0.2) is 23.1 Å². The predicted molar refractivity (Wildman–Crippen MR) is 134 cm³/mol. The summed E-state index contributed by atoms with van der Waals surface area (Å²) in [6, 6.07) is 21.6. The zero-order chi connectivity index (χ0) is 21.7. The molecular formula is C30H38N2. The van der Waals surface area contributed by atoms with E-state index in [0.717, 1.165) is 11.8 Å². The lowest BCUT2D eigenvalue weighted by molar-refractivity contribution is 0.0311. The van der Waals surface area contributed by atoms with Crippen LogP contribution in [0.1, 0.15) is 69.4 Å². The first-order valence-electron chi connectivity index (χ1n) is 13.1. The number of hydrogen-bond acceptors (Lipinski definition) is 2. The molecule has 4 atom stereocenters. The minimum Gasteiger partial charge on any atom is -0.351 e. The van der Waals surface area contributed by atoms with E-state index in [-0.39, 0.29) is 5.54 Å². The summed E-state index contributed by atoms with van der Waals surface area (Å²) in [5.74, 6) is 1.48. The third kappa shape index (κ3) is 2.95. The van der Waals surface area contributed by atoms with Crippen molar-refractivity contribution in [3.63, 3.8) is 0 Å². The number of nitrogens with zero attached hydrogens (tertiary/aromatic N) is 2. The lowest BCUT2D eigenvalue weighted by Crippen LogP contribution is -2.56. The molecule has 2 nitrogen and oxygen atoms in total. The zero-order valence-electron chi connectivity index (χ0n) is 19.8. The van der Waals surface area contributed by atoms with Gasteiger partial charge >= 0.3 is 0 Å². The second-order valence-corrected chi connectivity index (χ2v) is 10.8. The SMILES string of the molecule is Cc1ccccc1N1C(C2CCCC2)N2C(C=CC2(c2ccccc2)C2CCCC2)[C@@H]1C. The van der Waals surface area contributed by atoms with E-state index >= 15 is 0 Å². The first-order valence-corrected chi connectivity index (χ1v) is 13.1. The van der Waals surface area contributed by atoms with E-state index in [4.69, 9.17) is 0 Å². The lowest BCUT2D eigenvalue weighted by Gasteiger charge is -2.49. The largest absolute Gasteiger partial charge is 0.351 e. The summed E-state index contributed by atoms with van der Waals surface area (Å²) in [6.45, 7) is 4.79. The molecule has 2 aliphatic carbocycles. The van der Waals surface area contributed by atoms with E-state index in [0.29, 0.717) is 18.2 Å². The fourth-order valence-electron chi connectivity index (χ4n) is 7.82. The second-order valence-electron chi connectivity index (χ2n) is 10.8. The number of para-hydroxylation sites is 1. The third-order valence-corrected chi connectivity index (χ3v) is 9.23. The van der Waals surface area contributed by atoms with Gasteiger partial charge in [-0.15, -0.1) is 0 Å². The molecule has 2 saturated carbocycles. The van der Waals surface area contributed by atoms with Crippen LogP contribution >= 0.6 is 0 Å². The van der Waals surface area contributed by atoms with Crippen LogP contribution in [0.4, 0.5) is 5.69 Å². The van der Waals surface area contributed by atoms with Gasteiger partial charge in [-0.2, -0.15) is 0 Å². The second kappa shape index (κ2) is 8.06. The molecule has 0 aromatic heterocycles. The van der Waals surface area contributed by atoms with Crippen molar-refractivity contribution >= 4 is 5.69 Å². The number of benzene rings is 2. The van der Waals surface area contributed by atoms with Crippen LogP contribution in [0.25, 0.3) is 0 Å². The van der Waals surface area contributed by atoms with Crippen molar-refractivity contribution in [2.24, 2.45) is 11.8 Å². The molecule has 2 aliphatic heterocycles. The van der Waals surface area contributed by atoms with Gasteiger partial charge in [0.05, 0.1) is 17.7 Å². The quantitative estimate of drug-likeness (QED) is 0.484. The molecule has 0 spiro atoms. The van der Waals surface area contributed by atoms with E-state index < -0.39 is 0 Å². The summed E-state index contributed by atoms with van der Waals surface area (Å²) in [6.07, 6.45) is 16.7. The fourth-order valence-corrected chi connectivity index (χ4v) is 7.82. The van der Waals surface area contributed by atoms with Gasteiger partial charge in [0.2, 0.25) is 0 Å². The molecule has 0 N–H and O–H groups in total. The fraction of sp³-hybridized carbons (Fsp3) is 0.533. The maximum atomic E-state index is 3.02. The first-order chi connectivity index (χ1) is 15.7. The van der Waals surface area contributed by atoms with Gasteiger partial charge in [-0.1, -0.05) is 86.4 Å². The highest BCUT2D eigenvalue weighted by Crippen LogP contribution is 2.56. The number of fused-ring (bicyclic) bond motifs is 1. The van der Waals surface area contributed by atoms with Crippen molar-refractivity contribution < 1.29 is 0 Å². The number of hydrogen-bond donors (Lipinski definition) is 0. The normalized spacial score (nSPS) is 33.4. The molecule has 0 radical (unpaired) electrons. The van der Waals surface area contributed by atoms with Crippen LogP contribution < -0.4 is 4.90 Å². The highest BCUT2D eigenvalue weighted by atomic mass is 15.5. The Balaban J connectivity index is 1.53. The molecule has 3 fully saturated rings. The monoisotopic (exact) mass is 426 g/mol. The summed E-state index contributed by atoms with van der Waals surface area (Å²) in [7, 11) is 0. The smallest absolute Gasteiger partial charge is 0.0868 e. The van der Waals surface area contributed by atoms with Gasteiger partial charge in [-0.3, -0.25) is 4.90 Å². The average Bonchev–Trinajstić information content (AvgIpc) is 3.61. The van der Waals surface area contributed by atoms with Crippen molar-refractivity contribution in [3.8, 4) is 0 Å². The Bertz CT molecular complexity index is 969. The highest BCUT2D eigenvalue weighted by molar-refractivity contribution is 5.58. The number of aryl methyl sites for hydroxylation is 1. The number of anilines is 1. The predicted octanol–water partition coefficient (Wildman–Crippen LogP) is 7.05. The van der Waals surface area contributed by atoms with Crippen LogP contribution in [0.15, 0.2) is 66.7 Å². The zero-order valence-corrected chi connectivity index (χ0v) is 19.8. The maximum absolute atomic E-state index is 3.02. The van der Waals surface area contributed by atoms with Gasteiger partial charge in [0.1, 0.15) is 0 Å². The van der Waals surface area contributed by atoms with Crippen molar-refractivity contribution in [1.82, 2.24) is 4.90 Å². The topological polar surface area (TPSA) is 6.48 Å². The van der Waals surface area contributed by atoms with E-state index in [2.05, 4.69) is 90.4 Å². The van der Waals surface area contributed by atoms with E-state index in [9.17, 15) is 0 Å². The minimum atomic E-state index is 0.0430. The van der Waals surface area contributed by atoms with Crippen molar-refractivity contribution in [3.05, 3.63) is 77.9 Å². The lowest BCUT2D eigenvalue weighted by atomic mass is 9.75. The molecule has 1 saturated heterocycles. The Hall–Kier alpha value is -2.06. The van der Waals surface area contributed by atoms with Crippen LogP contribution in [0, 0.1) is 18.8 Å². The number of rotatable bonds is 4. The van der Waals surface area contributed by atoms with Gasteiger partial charge in [0.25, 0.3) is 0 Å². The molecule has 3 unspecified atom stereocenters. The first kappa shape index (κ1) is 20.5. The summed E-state index contributed by atoms with van der Waals surface area (Å²) < 4.78 is 0. The van der Waals surface area contributed by atoms with E-state index in [1.165, 1.54) is 68.2 Å². The van der Waals surface area contributed by atoms with Crippen LogP contribution in [0.2, 0.25) is 0 Å². The molecule has 6 rings (SSSR count). The Morgan fingerprint density at radius 3 is 2.19 bits per heavy atom. The van der Waals surface area contributed by atoms with Crippen LogP contribution in [0.3, 0.4) is 0 Å². The van der Waals surface area contributed by atoms with Gasteiger partial charge in [-0.05, 0) is 68.6 Å². The van der Waals surface area contributed by atoms with Crippen LogP contribution in [-0.2, 0) is 5.54 Å². The molecule has 2 aromatic carbocycles. The molecule has 0 amide bonds. The summed E-state index contributed by atoms with van der Waals surface area (Å²) in [5.41, 5.74) is 4.43. The Kier molecular flexibility index (Phi) is 5.17. The Morgan fingerprint density at radius 1 is 0.812 bits per heavy atom. The van der Waals surface area contributed by atoms with Gasteiger partial charge in [-0.25, -0.2) is 0 Å². The molecule has 4 aliphatic rings. The van der Waals surface area contributed by atoms with Gasteiger partial charge in [0.15, 0.2) is 0 Å². The minimum absolute atomic E-state index is 0.0430. The average molecular weight is 427 g/mol. The Labute approximate surface area is 194 Å². The molecule has 2 aromatic rings. The summed E-state index contributed by atoms with van der Waals surface area (Å²) >= 11 is 0. The Morgan fingerprint density at radius 2 is 1.47 bits per heavy atom. The molecule has 2 heterocycles. The maximum Gasteiger partial charge on any atom is 0.0868 e. The molecule has 2 heteroatoms. The van der Waals surface area contributed by atoms with Gasteiger partial charge in [0, 0.05) is 11.7 Å². The third-order valence-electron chi connectivity index (χ3n) is 9.23. The highest BCUT2D eigenvalue weighted by Gasteiger charge is 2.60. The molecule has 168 valence electrons. The van der Waals surface area contributed by atoms with Crippen molar-refractivity contribution in [2.75, 3.05) is 4.90 Å². The van der Waals surface area contributed by atoms with Gasteiger partial charge < -0.3 is 4.90 Å². The van der Waals surface area contributed by atoms with E-state index in [1.807, 2.05) is 0 Å². The molecule has 32 heavy (non-hydrogen) atoms. The van der Waals surface area contributed by atoms with Crippen molar-refractivity contribution in [2.45, 2.75) is 89.0 Å². The molecule has 0 bridgehead atoms. The standard InChI is InChI=1S/C30H38N2/c1-22-12-6-11-19-27(22)31-23(2)28-20-21-30(26-17-9-10-18-26,25-15-4-3-5-16-25)32(28)29(31)24-13-7-8-14-24/h3-6,11-12,15-16,19-21,23-24,26,28-29H,7-10,13-14,17-18H2,1-2H3/t23-,28?,29?,30?/m0/s1. The van der Waals surface area contributed by atoms with Crippen molar-refractivity contribution in [1.29, 1.82) is 0 Å². The summed E-state index contributed by atoms with van der Waals surface area (Å²) in [5, 5.41) is 0. The van der Waals surface area contributed by atoms with E-state index in [1.54, 1.807) is 0 Å².